The molecule has 148 valence electrons. The van der Waals surface area contributed by atoms with Gasteiger partial charge in [-0.1, -0.05) is 12.1 Å². The van der Waals surface area contributed by atoms with Crippen LogP contribution in [-0.2, 0) is 4.79 Å². The normalized spacial score (nSPS) is 19.4. The molecule has 7 nitrogen and oxygen atoms in total. The zero-order chi connectivity index (χ0) is 19.7. The van der Waals surface area contributed by atoms with E-state index in [2.05, 4.69) is 0 Å². The van der Waals surface area contributed by atoms with Crippen molar-refractivity contribution < 1.29 is 28.8 Å². The summed E-state index contributed by atoms with van der Waals surface area (Å²) in [6.45, 7) is 0.847. The predicted octanol–water partition coefficient (Wildman–Crippen LogP) is 3.07. The molecule has 2 heterocycles. The second-order valence-corrected chi connectivity index (χ2v) is 6.83. The Bertz CT molecular complexity index is 861. The molecule has 2 aromatic carbocycles. The van der Waals surface area contributed by atoms with E-state index >= 15 is 0 Å². The summed E-state index contributed by atoms with van der Waals surface area (Å²) < 4.78 is 22.2. The molecule has 0 aromatic heterocycles. The summed E-state index contributed by atoms with van der Waals surface area (Å²) in [6, 6.07) is 10.4. The van der Waals surface area contributed by atoms with E-state index in [9.17, 15) is 9.90 Å². The highest BCUT2D eigenvalue weighted by atomic mass is 16.7. The number of carboxylic acid groups (broad SMARTS) is 1. The van der Waals surface area contributed by atoms with Crippen LogP contribution in [0.2, 0.25) is 0 Å². The Morgan fingerprint density at radius 3 is 2.54 bits per heavy atom. The van der Waals surface area contributed by atoms with E-state index in [1.165, 1.54) is 0 Å². The summed E-state index contributed by atoms with van der Waals surface area (Å²) >= 11 is 0. The zero-order valence-corrected chi connectivity index (χ0v) is 15.9. The third-order valence-corrected chi connectivity index (χ3v) is 5.36. The minimum absolute atomic E-state index is 0.183. The van der Waals surface area contributed by atoms with Gasteiger partial charge in [-0.2, -0.15) is 0 Å². The van der Waals surface area contributed by atoms with E-state index in [0.717, 1.165) is 17.5 Å². The van der Waals surface area contributed by atoms with Crippen molar-refractivity contribution in [3.8, 4) is 23.0 Å². The van der Waals surface area contributed by atoms with Gasteiger partial charge in [0.05, 0.1) is 25.8 Å². The topological polar surface area (TPSA) is 77.5 Å². The van der Waals surface area contributed by atoms with Crippen LogP contribution < -0.4 is 18.9 Å². The second-order valence-electron chi connectivity index (χ2n) is 6.83. The van der Waals surface area contributed by atoms with Gasteiger partial charge in [0.1, 0.15) is 17.5 Å². The van der Waals surface area contributed by atoms with Crippen molar-refractivity contribution in [2.45, 2.75) is 24.9 Å². The first-order valence-electron chi connectivity index (χ1n) is 9.23. The second kappa shape index (κ2) is 7.59. The molecule has 2 unspecified atom stereocenters. The molecule has 2 atom stereocenters. The van der Waals surface area contributed by atoms with Gasteiger partial charge in [-0.15, -0.1) is 0 Å². The smallest absolute Gasteiger partial charge is 0.320 e. The third-order valence-electron chi connectivity index (χ3n) is 5.36. The Morgan fingerprint density at radius 1 is 1.14 bits per heavy atom. The molecule has 0 saturated carbocycles. The molecule has 0 bridgehead atoms. The van der Waals surface area contributed by atoms with Crippen LogP contribution in [0, 0.1) is 0 Å². The molecule has 0 aliphatic carbocycles. The van der Waals surface area contributed by atoms with Gasteiger partial charge in [-0.3, -0.25) is 9.69 Å². The van der Waals surface area contributed by atoms with E-state index in [0.29, 0.717) is 36.0 Å². The van der Waals surface area contributed by atoms with Gasteiger partial charge in [0, 0.05) is 6.54 Å². The van der Waals surface area contributed by atoms with Crippen LogP contribution in [0.5, 0.6) is 23.0 Å². The fourth-order valence-electron chi connectivity index (χ4n) is 4.12. The zero-order valence-electron chi connectivity index (χ0n) is 15.9. The highest BCUT2D eigenvalue weighted by Gasteiger charge is 2.39. The van der Waals surface area contributed by atoms with Gasteiger partial charge in [-0.05, 0) is 42.7 Å². The number of fused-ring (bicyclic) bond motifs is 1. The number of hydrogen-bond donors (Lipinski definition) is 1. The minimum atomic E-state index is -0.822. The highest BCUT2D eigenvalue weighted by Crippen LogP contribution is 2.45. The minimum Gasteiger partial charge on any atom is -0.496 e. The van der Waals surface area contributed by atoms with Gasteiger partial charge in [0.15, 0.2) is 11.5 Å². The molecule has 4 rings (SSSR count). The summed E-state index contributed by atoms with van der Waals surface area (Å²) in [4.78, 5) is 13.9. The van der Waals surface area contributed by atoms with Crippen LogP contribution >= 0.6 is 0 Å². The number of likely N-dealkylation sites (tertiary alicyclic amines) is 1. The molecule has 0 amide bonds. The monoisotopic (exact) mass is 385 g/mol. The van der Waals surface area contributed by atoms with Crippen LogP contribution in [0.4, 0.5) is 0 Å². The highest BCUT2D eigenvalue weighted by molar-refractivity contribution is 5.74. The summed E-state index contributed by atoms with van der Waals surface area (Å²) in [5.41, 5.74) is 1.71. The van der Waals surface area contributed by atoms with E-state index < -0.39 is 12.0 Å². The largest absolute Gasteiger partial charge is 0.496 e. The Morgan fingerprint density at radius 2 is 1.86 bits per heavy atom. The molecule has 1 N–H and O–H groups in total. The standard InChI is InChI=1S/C21H23NO6/c1-25-16-6-3-7-17(26-2)19(16)20(22-10-4-5-14(22)21(23)24)13-8-9-15-18(11-13)28-12-27-15/h3,6-9,11,14,20H,4-5,10,12H2,1-2H3,(H,23,24). The quantitative estimate of drug-likeness (QED) is 0.819. The van der Waals surface area contributed by atoms with Gasteiger partial charge in [0.25, 0.3) is 0 Å². The number of hydrogen-bond acceptors (Lipinski definition) is 6. The van der Waals surface area contributed by atoms with Crippen molar-refractivity contribution in [3.05, 3.63) is 47.5 Å². The fourth-order valence-corrected chi connectivity index (χ4v) is 4.12. The first-order chi connectivity index (χ1) is 13.6. The van der Waals surface area contributed by atoms with Crippen molar-refractivity contribution in [1.82, 2.24) is 4.90 Å². The first-order valence-corrected chi connectivity index (χ1v) is 9.23. The third kappa shape index (κ3) is 3.11. The molecule has 2 aromatic rings. The number of methoxy groups -OCH3 is 2. The van der Waals surface area contributed by atoms with Crippen LogP contribution in [0.3, 0.4) is 0 Å². The van der Waals surface area contributed by atoms with Crippen LogP contribution in [0.1, 0.15) is 30.0 Å². The molecule has 2 aliphatic rings. The van der Waals surface area contributed by atoms with E-state index in [4.69, 9.17) is 18.9 Å². The predicted molar refractivity (Wildman–Crippen MR) is 101 cm³/mol. The number of ether oxygens (including phenoxy) is 4. The van der Waals surface area contributed by atoms with Gasteiger partial charge in [0.2, 0.25) is 6.79 Å². The molecule has 1 fully saturated rings. The molecule has 1 saturated heterocycles. The van der Waals surface area contributed by atoms with Crippen molar-refractivity contribution in [3.63, 3.8) is 0 Å². The molecule has 7 heteroatoms. The summed E-state index contributed by atoms with van der Waals surface area (Å²) in [6.07, 6.45) is 1.42. The lowest BCUT2D eigenvalue weighted by atomic mass is 9.94. The lowest BCUT2D eigenvalue weighted by Gasteiger charge is -2.33. The molecule has 2 aliphatic heterocycles. The Hall–Kier alpha value is -2.93. The average molecular weight is 385 g/mol. The van der Waals surface area contributed by atoms with E-state index in [-0.39, 0.29) is 12.8 Å². The van der Waals surface area contributed by atoms with Gasteiger partial charge in [-0.25, -0.2) is 0 Å². The lowest BCUT2D eigenvalue weighted by Crippen LogP contribution is -2.39. The molecular formula is C21H23NO6. The number of rotatable bonds is 6. The fraction of sp³-hybridized carbons (Fsp3) is 0.381. The van der Waals surface area contributed by atoms with Crippen molar-refractivity contribution >= 4 is 5.97 Å². The van der Waals surface area contributed by atoms with E-state index in [1.54, 1.807) is 14.2 Å². The first kappa shape index (κ1) is 18.4. The number of carbonyl (C=O) groups is 1. The maximum absolute atomic E-state index is 11.9. The lowest BCUT2D eigenvalue weighted by molar-refractivity contribution is -0.142. The van der Waals surface area contributed by atoms with E-state index in [1.807, 2.05) is 41.3 Å². The Labute approximate surface area is 163 Å². The number of aliphatic carboxylic acids is 1. The van der Waals surface area contributed by atoms with Gasteiger partial charge >= 0.3 is 5.97 Å². The van der Waals surface area contributed by atoms with Crippen LogP contribution in [0.15, 0.2) is 36.4 Å². The van der Waals surface area contributed by atoms with Crippen molar-refractivity contribution in [1.29, 1.82) is 0 Å². The number of carboxylic acids is 1. The molecule has 28 heavy (non-hydrogen) atoms. The molecule has 0 spiro atoms. The van der Waals surface area contributed by atoms with Crippen molar-refractivity contribution in [2.24, 2.45) is 0 Å². The number of nitrogens with zero attached hydrogens (tertiary/aromatic N) is 1. The maximum atomic E-state index is 11.9. The average Bonchev–Trinajstić information content (AvgIpc) is 3.37. The maximum Gasteiger partial charge on any atom is 0.320 e. The Balaban J connectivity index is 1.89. The SMILES string of the molecule is COc1cccc(OC)c1C(c1ccc2c(c1)OCO2)N1CCCC1C(=O)O. The summed E-state index contributed by atoms with van der Waals surface area (Å²) in [7, 11) is 3.21. The summed E-state index contributed by atoms with van der Waals surface area (Å²) in [5.74, 6) is 1.82. The van der Waals surface area contributed by atoms with Gasteiger partial charge < -0.3 is 24.1 Å². The summed E-state index contributed by atoms with van der Waals surface area (Å²) in [5, 5.41) is 9.79. The number of benzene rings is 2. The molecule has 0 radical (unpaired) electrons. The van der Waals surface area contributed by atoms with Crippen LogP contribution in [-0.4, -0.2) is 49.6 Å². The Kier molecular flexibility index (Phi) is 5.00. The van der Waals surface area contributed by atoms with Crippen LogP contribution in [0.25, 0.3) is 0 Å². The molecular weight excluding hydrogens is 362 g/mol. The van der Waals surface area contributed by atoms with Crippen molar-refractivity contribution in [2.75, 3.05) is 27.6 Å².